The van der Waals surface area contributed by atoms with Gasteiger partial charge in [-0.1, -0.05) is 103 Å². The Bertz CT molecular complexity index is 1710. The van der Waals surface area contributed by atoms with Gasteiger partial charge in [0.25, 0.3) is 0 Å². The quantitative estimate of drug-likeness (QED) is 0.165. The molecule has 4 aromatic carbocycles. The molecule has 0 amide bonds. The number of benzene rings is 4. The Kier molecular flexibility index (Phi) is 7.42. The zero-order valence-corrected chi connectivity index (χ0v) is 25.6. The summed E-state index contributed by atoms with van der Waals surface area (Å²) in [6.07, 6.45) is 0. The molecule has 0 atom stereocenters. The van der Waals surface area contributed by atoms with E-state index in [9.17, 15) is 0 Å². The van der Waals surface area contributed by atoms with Gasteiger partial charge in [0, 0.05) is 25.8 Å². The van der Waals surface area contributed by atoms with E-state index in [1.54, 1.807) is 11.3 Å². The molecule has 0 aliphatic heterocycles. The van der Waals surface area contributed by atoms with Crippen molar-refractivity contribution in [3.63, 3.8) is 0 Å². The van der Waals surface area contributed by atoms with Gasteiger partial charge < -0.3 is 4.57 Å². The number of nitrogens with zero attached hydrogens (tertiary/aromatic N) is 2. The van der Waals surface area contributed by atoms with Gasteiger partial charge in [-0.3, -0.25) is 16.3 Å². The molecule has 0 saturated heterocycles. The molecule has 0 N–H and O–H groups in total. The van der Waals surface area contributed by atoms with Crippen molar-refractivity contribution in [3.05, 3.63) is 107 Å². The minimum Gasteiger partial charge on any atom is -0.333 e. The molecule has 0 aliphatic rings. The Morgan fingerprint density at radius 3 is 2.11 bits per heavy atom. The van der Waals surface area contributed by atoms with Crippen LogP contribution >= 0.6 is 11.3 Å². The van der Waals surface area contributed by atoms with E-state index in [1.807, 2.05) is 0 Å². The molecule has 2 nitrogen and oxygen atoms in total. The molecule has 2 aromatic heterocycles. The van der Waals surface area contributed by atoms with Crippen LogP contribution in [0.1, 0.15) is 56.2 Å². The number of thiophene rings is 1. The molecule has 0 unspecified atom stereocenters. The molecule has 1 radical (unpaired) electrons. The molecule has 2 heterocycles. The first-order valence-electron chi connectivity index (χ1n) is 13.0. The van der Waals surface area contributed by atoms with Gasteiger partial charge >= 0.3 is 0 Å². The fourth-order valence-corrected chi connectivity index (χ4v) is 6.11. The molecule has 4 heteroatoms. The summed E-state index contributed by atoms with van der Waals surface area (Å²) in [4.78, 5) is 5.23. The average Bonchev–Trinajstić information content (AvgIpc) is 3.49. The van der Waals surface area contributed by atoms with E-state index in [2.05, 4.69) is 129 Å². The van der Waals surface area contributed by atoms with E-state index >= 15 is 0 Å². The van der Waals surface area contributed by atoms with Crippen molar-refractivity contribution < 1.29 is 20.1 Å². The summed E-state index contributed by atoms with van der Waals surface area (Å²) in [5, 5.41) is 4.84. The van der Waals surface area contributed by atoms with Crippen LogP contribution in [-0.2, 0) is 20.1 Å². The maximum absolute atomic E-state index is 5.23. The third-order valence-corrected chi connectivity index (χ3v) is 8.08. The molecule has 6 rings (SSSR count). The average molecular weight is 692 g/mol. The van der Waals surface area contributed by atoms with Gasteiger partial charge in [-0.25, -0.2) is 0 Å². The predicted molar refractivity (Wildman–Crippen MR) is 159 cm³/mol. The predicted octanol–water partition coefficient (Wildman–Crippen LogP) is 9.93. The molecule has 6 aromatic rings. The Morgan fingerprint density at radius 1 is 0.763 bits per heavy atom. The fraction of sp³-hybridized carbons (Fsp3) is 0.206. The number of hydrogen-bond donors (Lipinski definition) is 0. The minimum atomic E-state index is 0. The van der Waals surface area contributed by atoms with Crippen LogP contribution in [-0.4, -0.2) is 9.55 Å². The van der Waals surface area contributed by atoms with Gasteiger partial charge in [0.2, 0.25) is 0 Å². The minimum absolute atomic E-state index is 0. The maximum Gasteiger partial charge on any atom is 0.0774 e. The van der Waals surface area contributed by atoms with E-state index < -0.39 is 0 Å². The number of imidazole rings is 1. The van der Waals surface area contributed by atoms with Crippen molar-refractivity contribution in [2.24, 2.45) is 0 Å². The molecule has 0 aliphatic carbocycles. The summed E-state index contributed by atoms with van der Waals surface area (Å²) in [5.74, 6) is 1.65. The Balaban J connectivity index is 0.00000294. The standard InChI is InChI=1S/C34H31N2S.Ir/c1-21(2)26-18-25(24-11-7-6-8-12-24)19-27(22(3)4)33(26)36-31-14-10-9-13-30(31)35-34(36)29-20-37-32-16-15-23(5)17-28(29)32;/h6-19,21-22H,1-5H3;/q-1;. The molecule has 0 fully saturated rings. The molecule has 38 heavy (non-hydrogen) atoms. The second kappa shape index (κ2) is 10.6. The van der Waals surface area contributed by atoms with Gasteiger partial charge in [-0.15, -0.1) is 11.5 Å². The number of para-hydroxylation sites is 2. The molecule has 0 spiro atoms. The normalized spacial score (nSPS) is 11.6. The molecule has 0 saturated carbocycles. The number of fused-ring (bicyclic) bond motifs is 2. The van der Waals surface area contributed by atoms with Crippen molar-refractivity contribution in [3.8, 4) is 28.2 Å². The molecule has 0 bridgehead atoms. The maximum atomic E-state index is 5.23. The summed E-state index contributed by atoms with van der Waals surface area (Å²) in [6, 6.07) is 30.7. The van der Waals surface area contributed by atoms with E-state index in [4.69, 9.17) is 4.98 Å². The largest absolute Gasteiger partial charge is 0.333 e. The third-order valence-electron chi connectivity index (χ3n) is 7.20. The SMILES string of the molecule is Cc1ccc2s[c-]c(-c3nc4ccccc4n3-c3c(C(C)C)cc(-c4ccccc4)cc3C(C)C)c2c1.[Ir]. The van der Waals surface area contributed by atoms with Crippen LogP contribution in [0.5, 0.6) is 0 Å². The van der Waals surface area contributed by atoms with E-state index in [0.717, 1.165) is 22.4 Å². The summed E-state index contributed by atoms with van der Waals surface area (Å²) < 4.78 is 3.65. The topological polar surface area (TPSA) is 17.8 Å². The first kappa shape index (κ1) is 26.6. The molecular formula is C34H31IrN2S-. The first-order chi connectivity index (χ1) is 17.9. The van der Waals surface area contributed by atoms with Crippen molar-refractivity contribution in [1.82, 2.24) is 9.55 Å². The van der Waals surface area contributed by atoms with E-state index in [0.29, 0.717) is 11.8 Å². The van der Waals surface area contributed by atoms with Gasteiger partial charge in [0.05, 0.1) is 16.9 Å². The zero-order valence-electron chi connectivity index (χ0n) is 22.4. The number of hydrogen-bond acceptors (Lipinski definition) is 2. The van der Waals surface area contributed by atoms with E-state index in [1.165, 1.54) is 43.6 Å². The second-order valence-electron chi connectivity index (χ2n) is 10.5. The van der Waals surface area contributed by atoms with Crippen LogP contribution in [0.15, 0.2) is 84.9 Å². The summed E-state index contributed by atoms with van der Waals surface area (Å²) >= 11 is 1.67. The van der Waals surface area contributed by atoms with Gasteiger partial charge in [-0.05, 0) is 65.3 Å². The van der Waals surface area contributed by atoms with Crippen LogP contribution in [0, 0.1) is 12.3 Å². The molecule has 193 valence electrons. The van der Waals surface area contributed by atoms with Gasteiger partial charge in [0.15, 0.2) is 0 Å². The molecular weight excluding hydrogens is 661 g/mol. The number of aryl methyl sites for hydroxylation is 1. The first-order valence-corrected chi connectivity index (χ1v) is 13.9. The van der Waals surface area contributed by atoms with Crippen LogP contribution in [0.25, 0.3) is 49.3 Å². The van der Waals surface area contributed by atoms with Crippen LogP contribution in [0.3, 0.4) is 0 Å². The van der Waals surface area contributed by atoms with Gasteiger partial charge in [0.1, 0.15) is 0 Å². The summed E-state index contributed by atoms with van der Waals surface area (Å²) in [6.45, 7) is 11.3. The number of aromatic nitrogens is 2. The summed E-state index contributed by atoms with van der Waals surface area (Å²) in [7, 11) is 0. The zero-order chi connectivity index (χ0) is 25.7. The van der Waals surface area contributed by atoms with E-state index in [-0.39, 0.29) is 20.1 Å². The fourth-order valence-electron chi connectivity index (χ4n) is 5.29. The Labute approximate surface area is 242 Å². The van der Waals surface area contributed by atoms with Crippen molar-refractivity contribution in [2.75, 3.05) is 0 Å². The van der Waals surface area contributed by atoms with Crippen molar-refractivity contribution >= 4 is 32.5 Å². The monoisotopic (exact) mass is 692 g/mol. The smallest absolute Gasteiger partial charge is 0.0774 e. The Hall–Kier alpha value is -3.04. The second-order valence-corrected chi connectivity index (χ2v) is 11.4. The number of rotatable bonds is 5. The van der Waals surface area contributed by atoms with Crippen molar-refractivity contribution in [2.45, 2.75) is 46.5 Å². The van der Waals surface area contributed by atoms with Crippen LogP contribution in [0.2, 0.25) is 0 Å². The van der Waals surface area contributed by atoms with Crippen LogP contribution in [0.4, 0.5) is 0 Å². The summed E-state index contributed by atoms with van der Waals surface area (Å²) in [5.41, 5.74) is 10.9. The third kappa shape index (κ3) is 4.56. The van der Waals surface area contributed by atoms with Crippen LogP contribution < -0.4 is 0 Å². The van der Waals surface area contributed by atoms with Crippen molar-refractivity contribution in [1.29, 1.82) is 0 Å². The van der Waals surface area contributed by atoms with Gasteiger partial charge in [-0.2, -0.15) is 0 Å². The Morgan fingerprint density at radius 2 is 1.42 bits per heavy atom.